The van der Waals surface area contributed by atoms with Gasteiger partial charge in [-0.05, 0) is 19.1 Å². The summed E-state index contributed by atoms with van der Waals surface area (Å²) in [4.78, 5) is 4.33. The maximum atomic E-state index is 7.26. The molecule has 0 N–H and O–H groups in total. The van der Waals surface area contributed by atoms with Gasteiger partial charge in [0, 0.05) is 0 Å². The fourth-order valence-electron chi connectivity index (χ4n) is 0.987. The van der Waals surface area contributed by atoms with E-state index in [4.69, 9.17) is 10.5 Å². The van der Waals surface area contributed by atoms with Gasteiger partial charge in [0.05, 0.1) is 15.2 Å². The van der Waals surface area contributed by atoms with Gasteiger partial charge in [0.25, 0.3) is 0 Å². The predicted molar refractivity (Wildman–Crippen MR) is 66.0 cm³/mol. The molecule has 1 aromatic carbocycles. The van der Waals surface area contributed by atoms with Crippen molar-refractivity contribution in [1.82, 2.24) is 4.98 Å². The van der Waals surface area contributed by atoms with E-state index in [1.165, 1.54) is 16.8 Å². The van der Waals surface area contributed by atoms with E-state index in [2.05, 4.69) is 11.1 Å². The quantitative estimate of drug-likeness (QED) is 0.705. The van der Waals surface area contributed by atoms with Crippen molar-refractivity contribution in [3.05, 3.63) is 29.3 Å². The van der Waals surface area contributed by atoms with Crippen molar-refractivity contribution in [2.75, 3.05) is 0 Å². The molecule has 0 aliphatic heterocycles. The molecule has 0 saturated heterocycles. The molecule has 0 saturated carbocycles. The Morgan fingerprint density at radius 1 is 1.20 bits per heavy atom. The summed E-state index contributed by atoms with van der Waals surface area (Å²) in [6, 6.07) is 10.7. The Hall–Kier alpha value is -1.56. The Bertz CT molecular complexity index is 460. The summed E-state index contributed by atoms with van der Waals surface area (Å²) in [7, 11) is 0. The number of rotatable bonds is 0. The molecule has 0 unspecified atom stereocenters. The molecule has 15 heavy (non-hydrogen) atoms. The van der Waals surface area contributed by atoms with Crippen molar-refractivity contribution in [3.8, 4) is 12.1 Å². The monoisotopic (exact) mass is 235 g/mol. The van der Waals surface area contributed by atoms with Crippen LogP contribution in [0.1, 0.15) is 5.01 Å². The van der Waals surface area contributed by atoms with Crippen LogP contribution < -0.4 is 0 Å². The molecule has 0 radical (unpaired) electrons. The lowest BCUT2D eigenvalue weighted by Crippen LogP contribution is -1.65. The van der Waals surface area contributed by atoms with Crippen molar-refractivity contribution in [3.63, 3.8) is 0 Å². The molecule has 1 aromatic heterocycles. The molecule has 0 atom stereocenters. The smallest absolute Gasteiger partial charge is 0.181 e. The molecular weight excluding hydrogens is 226 g/mol. The second-order valence-electron chi connectivity index (χ2n) is 2.42. The summed E-state index contributed by atoms with van der Waals surface area (Å²) in [5, 5.41) is 15.7. The average molecular weight is 235 g/mol. The highest BCUT2D eigenvalue weighted by molar-refractivity contribution is 7.59. The van der Waals surface area contributed by atoms with Crippen LogP contribution in [-0.4, -0.2) is 4.98 Å². The zero-order chi connectivity index (χ0) is 10.4. The lowest BCUT2D eigenvalue weighted by molar-refractivity contribution is 1.35. The van der Waals surface area contributed by atoms with Gasteiger partial charge < -0.3 is 0 Å². The number of fused-ring (bicyclic) bond motifs is 1. The first kappa shape index (κ1) is 13.4. The van der Waals surface area contributed by atoms with Crippen LogP contribution in [0, 0.1) is 29.6 Å². The Morgan fingerprint density at radius 2 is 1.80 bits per heavy atom. The van der Waals surface area contributed by atoms with Crippen molar-refractivity contribution in [2.24, 2.45) is 0 Å². The molecule has 0 aliphatic rings. The molecular formula is C10H9N3S2. The lowest BCUT2D eigenvalue weighted by Gasteiger charge is -1.80. The van der Waals surface area contributed by atoms with E-state index in [0.29, 0.717) is 0 Å². The van der Waals surface area contributed by atoms with Gasteiger partial charge >= 0.3 is 0 Å². The molecule has 0 amide bonds. The van der Waals surface area contributed by atoms with Gasteiger partial charge in [-0.25, -0.2) is 4.98 Å². The van der Waals surface area contributed by atoms with Crippen molar-refractivity contribution in [1.29, 1.82) is 10.5 Å². The van der Waals surface area contributed by atoms with Gasteiger partial charge in [-0.2, -0.15) is 24.0 Å². The zero-order valence-corrected chi connectivity index (χ0v) is 9.88. The van der Waals surface area contributed by atoms with Crippen LogP contribution in [0.2, 0.25) is 0 Å². The number of nitrogens with zero attached hydrogens (tertiary/aromatic N) is 3. The summed E-state index contributed by atoms with van der Waals surface area (Å²) in [5.74, 6) is 0. The zero-order valence-electron chi connectivity index (χ0n) is 8.06. The van der Waals surface area contributed by atoms with E-state index in [1.54, 1.807) is 11.3 Å². The van der Waals surface area contributed by atoms with E-state index in [-0.39, 0.29) is 13.5 Å². The predicted octanol–water partition coefficient (Wildman–Crippen LogP) is 2.75. The number of para-hydroxylation sites is 1. The summed E-state index contributed by atoms with van der Waals surface area (Å²) < 4.78 is 1.28. The Balaban J connectivity index is 0.000000346. The van der Waals surface area contributed by atoms with Crippen molar-refractivity contribution < 1.29 is 0 Å². The first-order valence-corrected chi connectivity index (χ1v) is 4.70. The first-order chi connectivity index (χ1) is 6.77. The molecule has 0 fully saturated rings. The molecule has 2 aromatic rings. The molecule has 5 heteroatoms. The maximum Gasteiger partial charge on any atom is 0.181 e. The third kappa shape index (κ3) is 3.99. The minimum atomic E-state index is 0. The Labute approximate surface area is 99.1 Å². The second kappa shape index (κ2) is 6.83. The SMILES string of the molecule is Cc1nc2ccccc2s1.N#CC#N.S. The molecule has 0 bridgehead atoms. The third-order valence-electron chi connectivity index (χ3n) is 1.45. The number of thiazole rings is 1. The standard InChI is InChI=1S/C8H7NS.C2N2.H2S/c1-6-9-7-4-2-3-5-8(7)10-6;3-1-2-4;/h2-5H,1H3;;1H2. The van der Waals surface area contributed by atoms with E-state index in [0.717, 1.165) is 10.5 Å². The minimum absolute atomic E-state index is 0. The van der Waals surface area contributed by atoms with E-state index >= 15 is 0 Å². The average Bonchev–Trinajstić information content (AvgIpc) is 2.58. The van der Waals surface area contributed by atoms with Gasteiger partial charge in [0.1, 0.15) is 0 Å². The highest BCUT2D eigenvalue weighted by atomic mass is 32.1. The van der Waals surface area contributed by atoms with Gasteiger partial charge in [-0.3, -0.25) is 0 Å². The maximum absolute atomic E-state index is 7.26. The topological polar surface area (TPSA) is 60.5 Å². The normalized spacial score (nSPS) is 7.67. The number of hydrogen-bond donors (Lipinski definition) is 0. The fourth-order valence-corrected chi connectivity index (χ4v) is 1.81. The molecule has 0 aliphatic carbocycles. The van der Waals surface area contributed by atoms with Crippen molar-refractivity contribution in [2.45, 2.75) is 6.92 Å². The van der Waals surface area contributed by atoms with Crippen molar-refractivity contribution >= 4 is 35.0 Å². The third-order valence-corrected chi connectivity index (χ3v) is 2.40. The number of aromatic nitrogens is 1. The van der Waals surface area contributed by atoms with Crippen LogP contribution in [0.5, 0.6) is 0 Å². The minimum Gasteiger partial charge on any atom is -0.242 e. The van der Waals surface area contributed by atoms with E-state index < -0.39 is 0 Å². The van der Waals surface area contributed by atoms with E-state index in [9.17, 15) is 0 Å². The van der Waals surface area contributed by atoms with Gasteiger partial charge in [0.15, 0.2) is 12.1 Å². The molecule has 0 spiro atoms. The highest BCUT2D eigenvalue weighted by Gasteiger charge is 1.95. The van der Waals surface area contributed by atoms with Crippen LogP contribution in [0.25, 0.3) is 10.2 Å². The summed E-state index contributed by atoms with van der Waals surface area (Å²) in [6.07, 6.45) is 0. The Kier molecular flexibility index (Phi) is 6.12. The summed E-state index contributed by atoms with van der Waals surface area (Å²) in [6.45, 7) is 2.03. The molecule has 3 nitrogen and oxygen atoms in total. The van der Waals surface area contributed by atoms with Crippen LogP contribution >= 0.6 is 24.8 Å². The highest BCUT2D eigenvalue weighted by Crippen LogP contribution is 2.19. The molecule has 76 valence electrons. The molecule has 2 rings (SSSR count). The van der Waals surface area contributed by atoms with Gasteiger partial charge in [-0.15, -0.1) is 11.3 Å². The van der Waals surface area contributed by atoms with Gasteiger partial charge in [0.2, 0.25) is 0 Å². The summed E-state index contributed by atoms with van der Waals surface area (Å²) >= 11 is 1.74. The fraction of sp³-hybridized carbons (Fsp3) is 0.100. The number of hydrogen-bond acceptors (Lipinski definition) is 4. The van der Waals surface area contributed by atoms with Crippen LogP contribution in [0.15, 0.2) is 24.3 Å². The number of nitriles is 2. The number of benzene rings is 1. The van der Waals surface area contributed by atoms with Crippen LogP contribution in [0.4, 0.5) is 0 Å². The molecule has 1 heterocycles. The largest absolute Gasteiger partial charge is 0.242 e. The van der Waals surface area contributed by atoms with Gasteiger partial charge in [-0.1, -0.05) is 12.1 Å². The van der Waals surface area contributed by atoms with Crippen LogP contribution in [0.3, 0.4) is 0 Å². The Morgan fingerprint density at radius 3 is 2.33 bits per heavy atom. The first-order valence-electron chi connectivity index (χ1n) is 3.88. The van der Waals surface area contributed by atoms with Crippen LogP contribution in [-0.2, 0) is 0 Å². The second-order valence-corrected chi connectivity index (χ2v) is 3.66. The van der Waals surface area contributed by atoms with E-state index in [1.807, 2.05) is 25.1 Å². The lowest BCUT2D eigenvalue weighted by atomic mass is 10.3. The summed E-state index contributed by atoms with van der Waals surface area (Å²) in [5.41, 5.74) is 1.12. The number of aryl methyl sites for hydroxylation is 1.